The van der Waals surface area contributed by atoms with Crippen LogP contribution in [0.3, 0.4) is 0 Å². The van der Waals surface area contributed by atoms with Crippen molar-refractivity contribution >= 4 is 0 Å². The molecular formula is C10H15F3N4O. The fourth-order valence-corrected chi connectivity index (χ4v) is 1.71. The zero-order chi connectivity index (χ0) is 13.2. The average Bonchev–Trinajstić information content (AvgIpc) is 2.98. The van der Waals surface area contributed by atoms with Crippen LogP contribution in [0.25, 0.3) is 0 Å². The maximum absolute atomic E-state index is 12.6. The van der Waals surface area contributed by atoms with Gasteiger partial charge >= 0.3 is 6.18 Å². The van der Waals surface area contributed by atoms with Crippen molar-refractivity contribution in [2.75, 3.05) is 6.61 Å². The van der Waals surface area contributed by atoms with Crippen LogP contribution in [0.5, 0.6) is 0 Å². The van der Waals surface area contributed by atoms with Gasteiger partial charge in [-0.15, -0.1) is 5.10 Å². The molecule has 2 N–H and O–H groups in total. The third kappa shape index (κ3) is 2.81. The second kappa shape index (κ2) is 4.85. The molecule has 1 saturated carbocycles. The maximum Gasteiger partial charge on any atom is 0.406 e. The number of aryl methyl sites for hydroxylation is 1. The van der Waals surface area contributed by atoms with E-state index in [-0.39, 0.29) is 26.0 Å². The van der Waals surface area contributed by atoms with E-state index in [4.69, 9.17) is 5.11 Å². The Hall–Kier alpha value is -1.15. The van der Waals surface area contributed by atoms with E-state index in [2.05, 4.69) is 15.6 Å². The minimum Gasteiger partial charge on any atom is -0.396 e. The molecule has 2 rings (SSSR count). The Labute approximate surface area is 102 Å². The number of hydrogen-bond donors (Lipinski definition) is 2. The molecule has 18 heavy (non-hydrogen) atoms. The molecule has 5 nitrogen and oxygen atoms in total. The Morgan fingerprint density at radius 1 is 1.44 bits per heavy atom. The molecule has 1 aliphatic rings. The summed E-state index contributed by atoms with van der Waals surface area (Å²) < 4.78 is 39.4. The maximum atomic E-state index is 12.6. The second-order valence-corrected chi connectivity index (χ2v) is 4.48. The predicted molar refractivity (Wildman–Crippen MR) is 56.6 cm³/mol. The summed E-state index contributed by atoms with van der Waals surface area (Å²) in [5, 5.41) is 18.7. The lowest BCUT2D eigenvalue weighted by atomic mass is 10.2. The van der Waals surface area contributed by atoms with E-state index in [9.17, 15) is 13.2 Å². The van der Waals surface area contributed by atoms with Crippen LogP contribution in [0.1, 0.15) is 25.0 Å². The van der Waals surface area contributed by atoms with Gasteiger partial charge in [0.2, 0.25) is 0 Å². The molecule has 1 aromatic rings. The number of aromatic nitrogens is 3. The largest absolute Gasteiger partial charge is 0.406 e. The van der Waals surface area contributed by atoms with Gasteiger partial charge in [-0.3, -0.25) is 10.00 Å². The Bertz CT molecular complexity index is 400. The van der Waals surface area contributed by atoms with Crippen LogP contribution >= 0.6 is 0 Å². The number of aliphatic hydroxyl groups excluding tert-OH is 1. The van der Waals surface area contributed by atoms with E-state index in [1.807, 2.05) is 0 Å². The van der Waals surface area contributed by atoms with Gasteiger partial charge in [-0.1, -0.05) is 5.21 Å². The molecule has 0 spiro atoms. The first kappa shape index (κ1) is 13.3. The highest BCUT2D eigenvalue weighted by Gasteiger charge is 2.62. The fourth-order valence-electron chi connectivity index (χ4n) is 1.71. The summed E-state index contributed by atoms with van der Waals surface area (Å²) in [6.07, 6.45) is -1.83. The molecule has 1 fully saturated rings. The molecule has 1 heterocycles. The van der Waals surface area contributed by atoms with Crippen LogP contribution < -0.4 is 5.32 Å². The number of nitrogens with one attached hydrogen (secondary N) is 1. The highest BCUT2D eigenvalue weighted by atomic mass is 19.4. The van der Waals surface area contributed by atoms with Crippen LogP contribution in [0.2, 0.25) is 0 Å². The molecule has 0 saturated heterocycles. The summed E-state index contributed by atoms with van der Waals surface area (Å²) in [7, 11) is 0. The standard InChI is InChI=1S/C10H15F3N4O/c11-10(12,13)9(2-3-9)14-6-8-7-17(16-15-8)4-1-5-18/h7,14,18H,1-6H2. The highest BCUT2D eigenvalue weighted by Crippen LogP contribution is 2.48. The summed E-state index contributed by atoms with van der Waals surface area (Å²) in [5.41, 5.74) is -1.24. The van der Waals surface area contributed by atoms with Gasteiger partial charge in [0.15, 0.2) is 0 Å². The Morgan fingerprint density at radius 2 is 2.17 bits per heavy atom. The number of nitrogens with zero attached hydrogens (tertiary/aromatic N) is 3. The van der Waals surface area contributed by atoms with Crippen molar-refractivity contribution in [1.29, 1.82) is 0 Å². The monoisotopic (exact) mass is 264 g/mol. The lowest BCUT2D eigenvalue weighted by Crippen LogP contribution is -2.44. The quantitative estimate of drug-likeness (QED) is 0.799. The summed E-state index contributed by atoms with van der Waals surface area (Å²) in [6.45, 7) is 0.608. The SMILES string of the molecule is OCCCn1cc(CNC2(C(F)(F)F)CC2)nn1. The summed E-state index contributed by atoms with van der Waals surface area (Å²) in [6, 6.07) is 0. The molecule has 0 aromatic carbocycles. The van der Waals surface area contributed by atoms with Gasteiger partial charge in [-0.2, -0.15) is 13.2 Å². The molecular weight excluding hydrogens is 249 g/mol. The van der Waals surface area contributed by atoms with Crippen LogP contribution in [0.15, 0.2) is 6.20 Å². The lowest BCUT2D eigenvalue weighted by Gasteiger charge is -2.19. The molecule has 0 aliphatic heterocycles. The van der Waals surface area contributed by atoms with Gasteiger partial charge in [-0.05, 0) is 19.3 Å². The minimum absolute atomic E-state index is 0.0463. The first-order chi connectivity index (χ1) is 8.47. The minimum atomic E-state index is -4.21. The van der Waals surface area contributed by atoms with Crippen LogP contribution in [0.4, 0.5) is 13.2 Å². The first-order valence-corrected chi connectivity index (χ1v) is 5.78. The van der Waals surface area contributed by atoms with Crippen LogP contribution in [0, 0.1) is 0 Å². The third-order valence-corrected chi connectivity index (χ3v) is 3.03. The normalized spacial score (nSPS) is 18.0. The van der Waals surface area contributed by atoms with Crippen molar-refractivity contribution in [3.05, 3.63) is 11.9 Å². The predicted octanol–water partition coefficient (Wildman–Crippen LogP) is 0.845. The Morgan fingerprint density at radius 3 is 2.72 bits per heavy atom. The van der Waals surface area contributed by atoms with Crippen LogP contribution in [-0.4, -0.2) is 38.4 Å². The molecule has 0 unspecified atom stereocenters. The molecule has 1 aromatic heterocycles. The molecule has 0 atom stereocenters. The van der Waals surface area contributed by atoms with E-state index in [0.29, 0.717) is 18.7 Å². The molecule has 0 bridgehead atoms. The fraction of sp³-hybridized carbons (Fsp3) is 0.800. The average molecular weight is 264 g/mol. The Balaban J connectivity index is 1.85. The van der Waals surface area contributed by atoms with Gasteiger partial charge in [0.25, 0.3) is 0 Å². The molecule has 102 valence electrons. The number of hydrogen-bond acceptors (Lipinski definition) is 4. The zero-order valence-corrected chi connectivity index (χ0v) is 9.74. The van der Waals surface area contributed by atoms with Gasteiger partial charge < -0.3 is 5.11 Å². The smallest absolute Gasteiger partial charge is 0.396 e. The van der Waals surface area contributed by atoms with Crippen molar-refractivity contribution in [2.24, 2.45) is 0 Å². The van der Waals surface area contributed by atoms with E-state index in [1.54, 1.807) is 6.20 Å². The van der Waals surface area contributed by atoms with Crippen molar-refractivity contribution in [2.45, 2.75) is 44.1 Å². The van der Waals surface area contributed by atoms with E-state index in [0.717, 1.165) is 0 Å². The second-order valence-electron chi connectivity index (χ2n) is 4.48. The topological polar surface area (TPSA) is 63.0 Å². The number of halogens is 3. The van der Waals surface area contributed by atoms with E-state index >= 15 is 0 Å². The van der Waals surface area contributed by atoms with Crippen LogP contribution in [-0.2, 0) is 13.1 Å². The van der Waals surface area contributed by atoms with E-state index in [1.165, 1.54) is 4.68 Å². The number of aliphatic hydroxyl groups is 1. The zero-order valence-electron chi connectivity index (χ0n) is 9.74. The third-order valence-electron chi connectivity index (χ3n) is 3.03. The Kier molecular flexibility index (Phi) is 3.58. The first-order valence-electron chi connectivity index (χ1n) is 5.78. The van der Waals surface area contributed by atoms with Gasteiger partial charge in [-0.25, -0.2) is 0 Å². The molecule has 1 aliphatic carbocycles. The van der Waals surface area contributed by atoms with E-state index < -0.39 is 11.7 Å². The molecule has 0 radical (unpaired) electrons. The summed E-state index contributed by atoms with van der Waals surface area (Å²) in [5.74, 6) is 0. The van der Waals surface area contributed by atoms with Crippen molar-refractivity contribution in [3.8, 4) is 0 Å². The van der Waals surface area contributed by atoms with Gasteiger partial charge in [0.05, 0.1) is 5.69 Å². The summed E-state index contributed by atoms with van der Waals surface area (Å²) in [4.78, 5) is 0. The van der Waals surface area contributed by atoms with Gasteiger partial charge in [0, 0.05) is 25.9 Å². The van der Waals surface area contributed by atoms with Crippen molar-refractivity contribution in [3.63, 3.8) is 0 Å². The lowest BCUT2D eigenvalue weighted by molar-refractivity contribution is -0.166. The molecule has 8 heteroatoms. The van der Waals surface area contributed by atoms with Gasteiger partial charge in [0.1, 0.15) is 5.54 Å². The van der Waals surface area contributed by atoms with Crippen molar-refractivity contribution in [1.82, 2.24) is 20.3 Å². The molecule has 0 amide bonds. The summed E-state index contributed by atoms with van der Waals surface area (Å²) >= 11 is 0. The number of rotatable bonds is 6. The van der Waals surface area contributed by atoms with Crippen molar-refractivity contribution < 1.29 is 18.3 Å². The highest BCUT2D eigenvalue weighted by molar-refractivity contribution is 5.09. The number of alkyl halides is 3.